The van der Waals surface area contributed by atoms with Gasteiger partial charge < -0.3 is 9.84 Å². The Labute approximate surface area is 186 Å². The van der Waals surface area contributed by atoms with Crippen molar-refractivity contribution in [3.8, 4) is 10.6 Å². The van der Waals surface area contributed by atoms with E-state index in [4.69, 9.17) is 4.52 Å². The molecule has 1 amide bonds. The molecule has 0 radical (unpaired) electrons. The van der Waals surface area contributed by atoms with E-state index in [0.717, 1.165) is 26.8 Å². The van der Waals surface area contributed by atoms with Crippen molar-refractivity contribution in [2.45, 2.75) is 36.8 Å². The van der Waals surface area contributed by atoms with Crippen LogP contribution in [-0.4, -0.2) is 21.0 Å². The fourth-order valence-corrected chi connectivity index (χ4v) is 5.17. The highest BCUT2D eigenvalue weighted by atomic mass is 32.2. The van der Waals surface area contributed by atoms with Crippen molar-refractivity contribution < 1.29 is 9.32 Å². The summed E-state index contributed by atoms with van der Waals surface area (Å²) in [5, 5.41) is 11.1. The van der Waals surface area contributed by atoms with Crippen LogP contribution >= 0.6 is 34.4 Å². The van der Waals surface area contributed by atoms with Crippen molar-refractivity contribution in [2.75, 3.05) is 5.32 Å². The molecule has 1 N–H and O–H groups in total. The lowest BCUT2D eigenvalue weighted by molar-refractivity contribution is -0.116. The van der Waals surface area contributed by atoms with Gasteiger partial charge in [0.2, 0.25) is 11.8 Å². The van der Waals surface area contributed by atoms with Gasteiger partial charge in [0.1, 0.15) is 0 Å². The van der Waals surface area contributed by atoms with Gasteiger partial charge in [-0.15, -0.1) is 22.7 Å². The van der Waals surface area contributed by atoms with E-state index in [1.165, 1.54) is 4.88 Å². The molecule has 0 spiro atoms. The molecule has 0 unspecified atom stereocenters. The number of amides is 1. The van der Waals surface area contributed by atoms with Gasteiger partial charge in [-0.3, -0.25) is 4.79 Å². The number of carbonyl (C=O) groups excluding carboxylic acids is 1. The van der Waals surface area contributed by atoms with Crippen molar-refractivity contribution in [1.82, 2.24) is 15.1 Å². The van der Waals surface area contributed by atoms with Crippen LogP contribution in [0.15, 0.2) is 50.0 Å². The van der Waals surface area contributed by atoms with E-state index in [-0.39, 0.29) is 5.91 Å². The molecule has 30 heavy (non-hydrogen) atoms. The normalized spacial score (nSPS) is 11.0. The molecule has 0 saturated carbocycles. The molecule has 0 aliphatic heterocycles. The summed E-state index contributed by atoms with van der Waals surface area (Å²) in [6.07, 6.45) is 0.701. The Morgan fingerprint density at radius 1 is 1.20 bits per heavy atom. The molecule has 9 heteroatoms. The van der Waals surface area contributed by atoms with Crippen molar-refractivity contribution in [3.63, 3.8) is 0 Å². The van der Waals surface area contributed by atoms with E-state index in [0.29, 0.717) is 30.3 Å². The lowest BCUT2D eigenvalue weighted by Crippen LogP contribution is -2.13. The molecule has 6 nitrogen and oxygen atoms in total. The number of thiophene rings is 1. The number of hydrogen-bond donors (Lipinski definition) is 1. The fourth-order valence-electron chi connectivity index (χ4n) is 2.74. The predicted octanol–water partition coefficient (Wildman–Crippen LogP) is 5.74. The summed E-state index contributed by atoms with van der Waals surface area (Å²) in [7, 11) is 0. The summed E-state index contributed by atoms with van der Waals surface area (Å²) >= 11 is 4.87. The van der Waals surface area contributed by atoms with Crippen molar-refractivity contribution in [1.29, 1.82) is 0 Å². The highest BCUT2D eigenvalue weighted by Crippen LogP contribution is 2.31. The van der Waals surface area contributed by atoms with Crippen LogP contribution < -0.4 is 5.32 Å². The Kier molecular flexibility index (Phi) is 6.61. The van der Waals surface area contributed by atoms with E-state index < -0.39 is 0 Å². The van der Waals surface area contributed by atoms with Crippen molar-refractivity contribution in [2.24, 2.45) is 0 Å². The number of thiazole rings is 1. The molecule has 3 aromatic heterocycles. The van der Waals surface area contributed by atoms with E-state index >= 15 is 0 Å². The molecule has 0 fully saturated rings. The minimum atomic E-state index is -0.0679. The quantitative estimate of drug-likeness (QED) is 0.341. The SMILES string of the molecule is Cc1ccc(C)c(NC(=O)CCc2nc(CSc3nc(-c4cccs4)cs3)no2)c1. The van der Waals surface area contributed by atoms with Gasteiger partial charge in [0.05, 0.1) is 16.3 Å². The number of nitrogens with one attached hydrogen (secondary N) is 1. The van der Waals surface area contributed by atoms with Gasteiger partial charge in [-0.1, -0.05) is 35.1 Å². The largest absolute Gasteiger partial charge is 0.339 e. The molecule has 0 bridgehead atoms. The summed E-state index contributed by atoms with van der Waals surface area (Å²) in [6, 6.07) is 10.1. The minimum Gasteiger partial charge on any atom is -0.339 e. The van der Waals surface area contributed by atoms with Gasteiger partial charge in [-0.05, 0) is 42.5 Å². The van der Waals surface area contributed by atoms with Crippen LogP contribution in [-0.2, 0) is 17.0 Å². The predicted molar refractivity (Wildman–Crippen MR) is 122 cm³/mol. The van der Waals surface area contributed by atoms with E-state index in [9.17, 15) is 4.79 Å². The molecule has 0 aliphatic rings. The van der Waals surface area contributed by atoms with Gasteiger partial charge in [0.25, 0.3) is 0 Å². The number of anilines is 1. The molecule has 4 rings (SSSR count). The molecule has 0 saturated heterocycles. The first-order valence-electron chi connectivity index (χ1n) is 9.37. The van der Waals surface area contributed by atoms with Crippen molar-refractivity contribution in [3.05, 3.63) is 63.9 Å². The molecular weight excluding hydrogens is 436 g/mol. The summed E-state index contributed by atoms with van der Waals surface area (Å²) in [6.45, 7) is 3.98. The van der Waals surface area contributed by atoms with Crippen LogP contribution in [0.25, 0.3) is 10.6 Å². The van der Waals surface area contributed by atoms with Crippen LogP contribution in [0.2, 0.25) is 0 Å². The van der Waals surface area contributed by atoms with Gasteiger partial charge in [-0.2, -0.15) is 4.98 Å². The highest BCUT2D eigenvalue weighted by molar-refractivity contribution is 8.00. The lowest BCUT2D eigenvalue weighted by atomic mass is 10.1. The first-order chi connectivity index (χ1) is 14.6. The highest BCUT2D eigenvalue weighted by Gasteiger charge is 2.12. The molecule has 4 aromatic rings. The number of carbonyl (C=O) groups is 1. The summed E-state index contributed by atoms with van der Waals surface area (Å²) in [5.74, 6) is 1.59. The first kappa shape index (κ1) is 20.8. The molecule has 0 atom stereocenters. The Hall–Kier alpha value is -2.49. The monoisotopic (exact) mass is 456 g/mol. The topological polar surface area (TPSA) is 80.9 Å². The average Bonchev–Trinajstić information content (AvgIpc) is 3.49. The van der Waals surface area contributed by atoms with Crippen LogP contribution in [0, 0.1) is 13.8 Å². The van der Waals surface area contributed by atoms with Crippen LogP contribution in [0.4, 0.5) is 5.69 Å². The zero-order valence-corrected chi connectivity index (χ0v) is 19.0. The number of aromatic nitrogens is 3. The molecule has 3 heterocycles. The number of thioether (sulfide) groups is 1. The smallest absolute Gasteiger partial charge is 0.227 e. The zero-order valence-electron chi connectivity index (χ0n) is 16.5. The Morgan fingerprint density at radius 3 is 2.93 bits per heavy atom. The van der Waals surface area contributed by atoms with Gasteiger partial charge in [0, 0.05) is 23.9 Å². The number of nitrogens with zero attached hydrogens (tertiary/aromatic N) is 3. The maximum absolute atomic E-state index is 12.3. The van der Waals surface area contributed by atoms with E-state index in [1.54, 1.807) is 34.4 Å². The third-order valence-electron chi connectivity index (χ3n) is 4.32. The van der Waals surface area contributed by atoms with Crippen LogP contribution in [0.5, 0.6) is 0 Å². The molecule has 154 valence electrons. The minimum absolute atomic E-state index is 0.0679. The standard InChI is InChI=1S/C21H20N4O2S3/c1-13-5-6-14(2)15(10-13)22-19(26)7-8-20-24-18(25-27-20)12-30-21-23-16(11-29-21)17-4-3-9-28-17/h3-6,9-11H,7-8,12H2,1-2H3,(H,22,26). The third kappa shape index (κ3) is 5.35. The number of hydrogen-bond acceptors (Lipinski definition) is 8. The Bertz CT molecular complexity index is 1140. The average molecular weight is 457 g/mol. The van der Waals surface area contributed by atoms with Gasteiger partial charge in [0.15, 0.2) is 10.2 Å². The van der Waals surface area contributed by atoms with Gasteiger partial charge >= 0.3 is 0 Å². The second kappa shape index (κ2) is 9.55. The third-order valence-corrected chi connectivity index (χ3v) is 7.23. The summed E-state index contributed by atoms with van der Waals surface area (Å²) in [4.78, 5) is 22.5. The van der Waals surface area contributed by atoms with Crippen molar-refractivity contribution >= 4 is 46.0 Å². The van der Waals surface area contributed by atoms with E-state index in [2.05, 4.69) is 31.9 Å². The molecule has 1 aromatic carbocycles. The molecule has 0 aliphatic carbocycles. The summed E-state index contributed by atoms with van der Waals surface area (Å²) < 4.78 is 6.26. The second-order valence-electron chi connectivity index (χ2n) is 6.74. The Morgan fingerprint density at radius 2 is 2.10 bits per heavy atom. The lowest BCUT2D eigenvalue weighted by Gasteiger charge is -2.08. The zero-order chi connectivity index (χ0) is 20.9. The Balaban J connectivity index is 1.26. The maximum Gasteiger partial charge on any atom is 0.227 e. The fraction of sp³-hybridized carbons (Fsp3) is 0.238. The van der Waals surface area contributed by atoms with E-state index in [1.807, 2.05) is 43.5 Å². The number of aryl methyl sites for hydroxylation is 3. The number of benzene rings is 1. The first-order valence-corrected chi connectivity index (χ1v) is 12.1. The van der Waals surface area contributed by atoms with Gasteiger partial charge in [-0.25, -0.2) is 4.98 Å². The maximum atomic E-state index is 12.3. The molecular formula is C21H20N4O2S3. The van der Waals surface area contributed by atoms with Crippen LogP contribution in [0.1, 0.15) is 29.3 Å². The second-order valence-corrected chi connectivity index (χ2v) is 9.76. The summed E-state index contributed by atoms with van der Waals surface area (Å²) in [5.41, 5.74) is 3.99. The number of rotatable bonds is 8. The van der Waals surface area contributed by atoms with Crippen LogP contribution in [0.3, 0.4) is 0 Å².